The molecule has 8 heteroatoms. The van der Waals surface area contributed by atoms with Crippen molar-refractivity contribution in [3.63, 3.8) is 0 Å². The van der Waals surface area contributed by atoms with E-state index in [9.17, 15) is 23.3 Å². The number of nitro benzene ring substituents is 1. The lowest BCUT2D eigenvalue weighted by atomic mass is 10.1. The van der Waals surface area contributed by atoms with Crippen LogP contribution in [0.25, 0.3) is 6.08 Å². The topological polar surface area (TPSA) is 104 Å². The number of nitro groups is 1. The fourth-order valence-electron chi connectivity index (χ4n) is 1.56. The minimum atomic E-state index is -3.52. The average Bonchev–Trinajstić information content (AvgIpc) is 2.37. The summed E-state index contributed by atoms with van der Waals surface area (Å²) in [6.45, 7) is 1.94. The van der Waals surface area contributed by atoms with Gasteiger partial charge in [-0.25, -0.2) is 8.42 Å². The molecule has 1 aromatic rings. The van der Waals surface area contributed by atoms with Gasteiger partial charge >= 0.3 is 5.97 Å². The van der Waals surface area contributed by atoms with E-state index in [0.29, 0.717) is 0 Å². The van der Waals surface area contributed by atoms with Gasteiger partial charge in [-0.3, -0.25) is 14.9 Å². The maximum absolute atomic E-state index is 11.4. The summed E-state index contributed by atoms with van der Waals surface area (Å²) in [4.78, 5) is 21.3. The summed E-state index contributed by atoms with van der Waals surface area (Å²) in [6, 6.07) is 3.61. The van der Waals surface area contributed by atoms with Gasteiger partial charge in [0.2, 0.25) is 0 Å². The predicted molar refractivity (Wildman–Crippen MR) is 76.5 cm³/mol. The number of nitrogens with zero attached hydrogens (tertiary/aromatic N) is 1. The number of hydrogen-bond donors (Lipinski definition) is 0. The third-order valence-corrected chi connectivity index (χ3v) is 3.62. The SMILES string of the molecule is CCOC(=O)CC=Cc1ccc(S(C)(=O)=O)cc1[N+](=O)[O-]. The van der Waals surface area contributed by atoms with Crippen LogP contribution in [0.15, 0.2) is 29.2 Å². The summed E-state index contributed by atoms with van der Waals surface area (Å²) in [7, 11) is -3.52. The Hall–Kier alpha value is -2.22. The highest BCUT2D eigenvalue weighted by atomic mass is 32.2. The van der Waals surface area contributed by atoms with Gasteiger partial charge in [-0.15, -0.1) is 0 Å². The quantitative estimate of drug-likeness (QED) is 0.452. The van der Waals surface area contributed by atoms with E-state index >= 15 is 0 Å². The van der Waals surface area contributed by atoms with Crippen LogP contribution in [0.5, 0.6) is 0 Å². The van der Waals surface area contributed by atoms with Crippen molar-refractivity contribution < 1.29 is 22.9 Å². The zero-order valence-electron chi connectivity index (χ0n) is 11.6. The zero-order chi connectivity index (χ0) is 16.0. The van der Waals surface area contributed by atoms with Crippen molar-refractivity contribution in [2.45, 2.75) is 18.2 Å². The molecule has 0 spiro atoms. The summed E-state index contributed by atoms with van der Waals surface area (Å²) in [5.41, 5.74) is -0.116. The highest BCUT2D eigenvalue weighted by Crippen LogP contribution is 2.24. The molecule has 0 bridgehead atoms. The largest absolute Gasteiger partial charge is 0.466 e. The number of hydrogen-bond acceptors (Lipinski definition) is 6. The van der Waals surface area contributed by atoms with Crippen molar-refractivity contribution in [3.05, 3.63) is 40.0 Å². The molecule has 0 aliphatic heterocycles. The van der Waals surface area contributed by atoms with Crippen LogP contribution in [0.2, 0.25) is 0 Å². The molecular formula is C13H15NO6S. The van der Waals surface area contributed by atoms with E-state index in [1.807, 2.05) is 0 Å². The van der Waals surface area contributed by atoms with Crippen LogP contribution in [0.1, 0.15) is 18.9 Å². The Balaban J connectivity index is 3.05. The van der Waals surface area contributed by atoms with Crippen LogP contribution in [0.3, 0.4) is 0 Å². The maximum atomic E-state index is 11.4. The van der Waals surface area contributed by atoms with Crippen molar-refractivity contribution >= 4 is 27.6 Å². The van der Waals surface area contributed by atoms with Gasteiger partial charge in [0.25, 0.3) is 5.69 Å². The first-order chi connectivity index (χ1) is 9.75. The molecule has 0 saturated heterocycles. The predicted octanol–water partition coefficient (Wildman–Crippen LogP) is 1.96. The Kier molecular flexibility index (Phi) is 5.60. The molecule has 1 aromatic carbocycles. The van der Waals surface area contributed by atoms with Crippen LogP contribution >= 0.6 is 0 Å². The number of ether oxygens (including phenoxy) is 1. The monoisotopic (exact) mass is 313 g/mol. The molecule has 0 aliphatic carbocycles. The van der Waals surface area contributed by atoms with Crippen molar-refractivity contribution in [3.8, 4) is 0 Å². The summed E-state index contributed by atoms with van der Waals surface area (Å²) < 4.78 is 27.5. The van der Waals surface area contributed by atoms with Gasteiger partial charge in [0.15, 0.2) is 9.84 Å². The summed E-state index contributed by atoms with van der Waals surface area (Å²) >= 11 is 0. The van der Waals surface area contributed by atoms with Crippen LogP contribution in [0, 0.1) is 10.1 Å². The normalized spacial score (nSPS) is 11.5. The van der Waals surface area contributed by atoms with E-state index in [-0.39, 0.29) is 29.2 Å². The minimum Gasteiger partial charge on any atom is -0.466 e. The first-order valence-corrected chi connectivity index (χ1v) is 7.95. The number of benzene rings is 1. The second-order valence-corrected chi connectivity index (χ2v) is 6.18. The van der Waals surface area contributed by atoms with Crippen molar-refractivity contribution in [2.75, 3.05) is 12.9 Å². The molecule has 0 heterocycles. The number of rotatable bonds is 6. The van der Waals surface area contributed by atoms with Gasteiger partial charge in [-0.2, -0.15) is 0 Å². The summed E-state index contributed by atoms with van der Waals surface area (Å²) in [6.07, 6.45) is 3.78. The standard InChI is InChI=1S/C13H15NO6S/c1-3-20-13(15)6-4-5-10-7-8-11(21(2,18)19)9-12(10)14(16)17/h4-5,7-9H,3,6H2,1-2H3. The van der Waals surface area contributed by atoms with E-state index in [1.54, 1.807) is 6.92 Å². The second kappa shape index (κ2) is 6.98. The number of sulfone groups is 1. The molecule has 21 heavy (non-hydrogen) atoms. The molecule has 0 atom stereocenters. The molecule has 0 aromatic heterocycles. The fraction of sp³-hybridized carbons (Fsp3) is 0.308. The second-order valence-electron chi connectivity index (χ2n) is 4.16. The molecule has 114 valence electrons. The molecule has 0 amide bonds. The third-order valence-electron chi connectivity index (χ3n) is 2.51. The Morgan fingerprint density at radius 1 is 1.43 bits per heavy atom. The van der Waals surface area contributed by atoms with E-state index < -0.39 is 20.7 Å². The number of carbonyl (C=O) groups excluding carboxylic acids is 1. The Labute approximate surface area is 122 Å². The molecule has 0 N–H and O–H groups in total. The van der Waals surface area contributed by atoms with Crippen LogP contribution in [-0.4, -0.2) is 32.2 Å². The molecule has 7 nitrogen and oxygen atoms in total. The highest BCUT2D eigenvalue weighted by molar-refractivity contribution is 7.90. The zero-order valence-corrected chi connectivity index (χ0v) is 12.4. The van der Waals surface area contributed by atoms with Crippen molar-refractivity contribution in [2.24, 2.45) is 0 Å². The first-order valence-electron chi connectivity index (χ1n) is 6.06. The Morgan fingerprint density at radius 2 is 2.10 bits per heavy atom. The van der Waals surface area contributed by atoms with Crippen molar-refractivity contribution in [1.82, 2.24) is 0 Å². The van der Waals surface area contributed by atoms with Gasteiger partial charge in [-0.1, -0.05) is 12.2 Å². The van der Waals surface area contributed by atoms with Gasteiger partial charge in [0.05, 0.1) is 28.4 Å². The summed E-state index contributed by atoms with van der Waals surface area (Å²) in [5, 5.41) is 11.0. The van der Waals surface area contributed by atoms with E-state index in [0.717, 1.165) is 12.3 Å². The third kappa shape index (κ3) is 4.99. The smallest absolute Gasteiger partial charge is 0.309 e. The molecular weight excluding hydrogens is 298 g/mol. The highest BCUT2D eigenvalue weighted by Gasteiger charge is 2.17. The molecule has 1 rings (SSSR count). The van der Waals surface area contributed by atoms with Gasteiger partial charge in [0, 0.05) is 12.3 Å². The molecule has 0 saturated carbocycles. The summed E-state index contributed by atoms with van der Waals surface area (Å²) in [5.74, 6) is -0.441. The van der Waals surface area contributed by atoms with E-state index in [4.69, 9.17) is 4.74 Å². The van der Waals surface area contributed by atoms with Crippen LogP contribution in [0.4, 0.5) is 5.69 Å². The first kappa shape index (κ1) is 16.8. The fourth-order valence-corrected chi connectivity index (χ4v) is 2.20. The maximum Gasteiger partial charge on any atom is 0.309 e. The molecule has 0 aliphatic rings. The van der Waals surface area contributed by atoms with Gasteiger partial charge < -0.3 is 4.74 Å². The van der Waals surface area contributed by atoms with E-state index in [1.165, 1.54) is 24.3 Å². The Bertz CT molecular complexity index is 678. The lowest BCUT2D eigenvalue weighted by molar-refractivity contribution is -0.385. The average molecular weight is 313 g/mol. The number of carbonyl (C=O) groups is 1. The van der Waals surface area contributed by atoms with Crippen LogP contribution in [-0.2, 0) is 19.4 Å². The number of esters is 1. The lowest BCUT2D eigenvalue weighted by Crippen LogP contribution is -2.02. The van der Waals surface area contributed by atoms with Crippen LogP contribution < -0.4 is 0 Å². The minimum absolute atomic E-state index is 0.0151. The lowest BCUT2D eigenvalue weighted by Gasteiger charge is -2.02. The van der Waals surface area contributed by atoms with Crippen molar-refractivity contribution in [1.29, 1.82) is 0 Å². The van der Waals surface area contributed by atoms with Gasteiger partial charge in [0.1, 0.15) is 0 Å². The molecule has 0 radical (unpaired) electrons. The molecule has 0 fully saturated rings. The van der Waals surface area contributed by atoms with Gasteiger partial charge in [-0.05, 0) is 19.1 Å². The molecule has 0 unspecified atom stereocenters. The van der Waals surface area contributed by atoms with E-state index in [2.05, 4.69) is 0 Å². The Morgan fingerprint density at radius 3 is 2.62 bits per heavy atom.